The van der Waals surface area contributed by atoms with E-state index in [9.17, 15) is 4.79 Å². The highest BCUT2D eigenvalue weighted by Crippen LogP contribution is 2.31. The van der Waals surface area contributed by atoms with Crippen molar-refractivity contribution >= 4 is 27.5 Å². The van der Waals surface area contributed by atoms with Gasteiger partial charge in [-0.15, -0.1) is 5.10 Å². The van der Waals surface area contributed by atoms with E-state index in [1.807, 2.05) is 24.3 Å². The number of fused-ring (bicyclic) bond motifs is 2. The molecule has 0 saturated carbocycles. The summed E-state index contributed by atoms with van der Waals surface area (Å²) in [7, 11) is 0. The molecule has 23 heavy (non-hydrogen) atoms. The van der Waals surface area contributed by atoms with E-state index in [4.69, 9.17) is 4.74 Å². The molecule has 2 aromatic heterocycles. The number of pyridine rings is 1. The molecule has 1 aliphatic heterocycles. The van der Waals surface area contributed by atoms with Crippen LogP contribution in [0.1, 0.15) is 28.4 Å². The number of amides is 1. The summed E-state index contributed by atoms with van der Waals surface area (Å²) in [5.74, 6) is 0.694. The molecule has 3 aromatic rings. The topological polar surface area (TPSA) is 68.5 Å². The van der Waals surface area contributed by atoms with Crippen LogP contribution in [0.2, 0.25) is 0 Å². The van der Waals surface area contributed by atoms with Gasteiger partial charge >= 0.3 is 0 Å². The van der Waals surface area contributed by atoms with E-state index in [-0.39, 0.29) is 11.9 Å². The fraction of sp³-hybridized carbons (Fsp3) is 0.188. The molecule has 1 aliphatic rings. The Bertz CT molecular complexity index is 893. The van der Waals surface area contributed by atoms with Gasteiger partial charge in [-0.3, -0.25) is 4.79 Å². The second kappa shape index (κ2) is 5.66. The smallest absolute Gasteiger partial charge is 0.253 e. The molecule has 1 atom stereocenters. The van der Waals surface area contributed by atoms with Gasteiger partial charge in [0.05, 0.1) is 18.2 Å². The molecule has 0 spiro atoms. The predicted octanol–water partition coefficient (Wildman–Crippen LogP) is 2.75. The Hall–Kier alpha value is -2.41. The molecule has 1 unspecified atom stereocenters. The quantitative estimate of drug-likeness (QED) is 0.750. The summed E-state index contributed by atoms with van der Waals surface area (Å²) in [5.41, 5.74) is 2.24. The molecule has 1 amide bonds. The lowest BCUT2D eigenvalue weighted by Crippen LogP contribution is -2.32. The zero-order valence-corrected chi connectivity index (χ0v) is 13.7. The van der Waals surface area contributed by atoms with E-state index in [0.29, 0.717) is 22.6 Å². The van der Waals surface area contributed by atoms with Crippen LogP contribution in [0.3, 0.4) is 0 Å². The van der Waals surface area contributed by atoms with Gasteiger partial charge in [0.15, 0.2) is 5.65 Å². The van der Waals surface area contributed by atoms with Gasteiger partial charge in [-0.25, -0.2) is 9.50 Å². The fourth-order valence-electron chi connectivity index (χ4n) is 2.72. The average molecular weight is 373 g/mol. The maximum Gasteiger partial charge on any atom is 0.253 e. The van der Waals surface area contributed by atoms with Crippen LogP contribution in [0.25, 0.3) is 5.65 Å². The first-order valence-corrected chi connectivity index (χ1v) is 8.04. The van der Waals surface area contributed by atoms with E-state index in [1.165, 1.54) is 0 Å². The molecular formula is C16H13BrN4O2. The van der Waals surface area contributed by atoms with E-state index in [1.54, 1.807) is 22.8 Å². The van der Waals surface area contributed by atoms with Crippen molar-refractivity contribution in [2.45, 2.75) is 12.5 Å². The number of para-hydroxylation sites is 1. The van der Waals surface area contributed by atoms with Crippen molar-refractivity contribution in [3.8, 4) is 5.75 Å². The van der Waals surface area contributed by atoms with Gasteiger partial charge in [-0.2, -0.15) is 0 Å². The summed E-state index contributed by atoms with van der Waals surface area (Å²) in [6.45, 7) is 0.594. The second-order valence-corrected chi connectivity index (χ2v) is 6.01. The molecule has 7 heteroatoms. The number of rotatable bonds is 2. The zero-order valence-electron chi connectivity index (χ0n) is 12.1. The number of hydrogen-bond acceptors (Lipinski definition) is 4. The molecule has 1 N–H and O–H groups in total. The second-order valence-electron chi connectivity index (χ2n) is 5.30. The van der Waals surface area contributed by atoms with Crippen molar-refractivity contribution in [1.29, 1.82) is 0 Å². The number of benzene rings is 1. The lowest BCUT2D eigenvalue weighted by Gasteiger charge is -2.26. The van der Waals surface area contributed by atoms with Crippen molar-refractivity contribution < 1.29 is 9.53 Å². The lowest BCUT2D eigenvalue weighted by molar-refractivity contribution is 0.0924. The molecule has 116 valence electrons. The number of aromatic nitrogens is 3. The minimum Gasteiger partial charge on any atom is -0.493 e. The highest BCUT2D eigenvalue weighted by Gasteiger charge is 2.23. The number of nitrogens with one attached hydrogen (secondary N) is 1. The number of ether oxygens (including phenoxy) is 1. The lowest BCUT2D eigenvalue weighted by atomic mass is 10.0. The van der Waals surface area contributed by atoms with E-state index in [2.05, 4.69) is 31.3 Å². The summed E-state index contributed by atoms with van der Waals surface area (Å²) >= 11 is 3.23. The zero-order chi connectivity index (χ0) is 15.8. The summed E-state index contributed by atoms with van der Waals surface area (Å²) < 4.78 is 7.70. The minimum atomic E-state index is -0.139. The first-order valence-electron chi connectivity index (χ1n) is 7.25. The van der Waals surface area contributed by atoms with Gasteiger partial charge in [0.1, 0.15) is 5.75 Å². The maximum absolute atomic E-state index is 12.5. The van der Waals surface area contributed by atoms with Gasteiger partial charge in [-0.05, 0) is 34.1 Å². The van der Waals surface area contributed by atoms with Crippen molar-refractivity contribution in [2.75, 3.05) is 6.61 Å². The Kier molecular flexibility index (Phi) is 3.49. The van der Waals surface area contributed by atoms with Gasteiger partial charge in [0, 0.05) is 18.2 Å². The van der Waals surface area contributed by atoms with Crippen LogP contribution >= 0.6 is 15.9 Å². The van der Waals surface area contributed by atoms with Gasteiger partial charge in [0.25, 0.3) is 5.91 Å². The molecule has 1 aromatic carbocycles. The molecule has 0 fully saturated rings. The van der Waals surface area contributed by atoms with Crippen LogP contribution < -0.4 is 10.1 Å². The first kappa shape index (κ1) is 14.2. The highest BCUT2D eigenvalue weighted by molar-refractivity contribution is 9.10. The number of nitrogens with zero attached hydrogens (tertiary/aromatic N) is 3. The molecule has 0 bridgehead atoms. The summed E-state index contributed by atoms with van der Waals surface area (Å²) in [5, 5.41) is 7.23. The van der Waals surface area contributed by atoms with Crippen molar-refractivity contribution in [3.05, 3.63) is 58.5 Å². The predicted molar refractivity (Wildman–Crippen MR) is 87.4 cm³/mol. The van der Waals surface area contributed by atoms with Gasteiger partial charge < -0.3 is 10.1 Å². The van der Waals surface area contributed by atoms with E-state index >= 15 is 0 Å². The summed E-state index contributed by atoms with van der Waals surface area (Å²) in [4.78, 5) is 16.7. The highest BCUT2D eigenvalue weighted by atomic mass is 79.9. The van der Waals surface area contributed by atoms with Crippen LogP contribution in [-0.4, -0.2) is 27.1 Å². The standard InChI is InChI=1S/C16H13BrN4O2/c17-16-19-14-6-5-10(9-21(14)20-16)15(22)18-12-7-8-23-13-4-2-1-3-11(12)13/h1-6,9,12H,7-8H2,(H,18,22). The Morgan fingerprint density at radius 3 is 3.09 bits per heavy atom. The molecule has 0 aliphatic carbocycles. The maximum atomic E-state index is 12.5. The average Bonchev–Trinajstić information content (AvgIpc) is 2.94. The molecule has 6 nitrogen and oxygen atoms in total. The first-order chi connectivity index (χ1) is 11.2. The fourth-order valence-corrected chi connectivity index (χ4v) is 3.08. The number of hydrogen-bond donors (Lipinski definition) is 1. The molecule has 0 radical (unpaired) electrons. The third kappa shape index (κ3) is 2.68. The Labute approximate surface area is 140 Å². The van der Waals surface area contributed by atoms with E-state index in [0.717, 1.165) is 17.7 Å². The Morgan fingerprint density at radius 2 is 2.17 bits per heavy atom. The van der Waals surface area contributed by atoms with Crippen LogP contribution in [0.5, 0.6) is 5.75 Å². The number of carbonyl (C=O) groups excluding carboxylic acids is 1. The molecule has 4 rings (SSSR count). The van der Waals surface area contributed by atoms with Crippen LogP contribution in [0, 0.1) is 0 Å². The SMILES string of the molecule is O=C(NC1CCOc2ccccc21)c1ccc2nc(Br)nn2c1. The number of halogens is 1. The number of carbonyl (C=O) groups is 1. The van der Waals surface area contributed by atoms with Gasteiger partial charge in [0.2, 0.25) is 4.73 Å². The van der Waals surface area contributed by atoms with Crippen LogP contribution in [0.15, 0.2) is 47.3 Å². The monoisotopic (exact) mass is 372 g/mol. The van der Waals surface area contributed by atoms with Crippen molar-refractivity contribution in [1.82, 2.24) is 19.9 Å². The van der Waals surface area contributed by atoms with Crippen LogP contribution in [0.4, 0.5) is 0 Å². The summed E-state index contributed by atoms with van der Waals surface area (Å²) in [6.07, 6.45) is 2.42. The summed E-state index contributed by atoms with van der Waals surface area (Å²) in [6, 6.07) is 11.3. The van der Waals surface area contributed by atoms with Gasteiger partial charge in [-0.1, -0.05) is 18.2 Å². The third-order valence-electron chi connectivity index (χ3n) is 3.83. The third-order valence-corrected chi connectivity index (χ3v) is 4.17. The Balaban J connectivity index is 1.60. The Morgan fingerprint density at radius 1 is 1.30 bits per heavy atom. The van der Waals surface area contributed by atoms with Crippen LogP contribution in [-0.2, 0) is 0 Å². The van der Waals surface area contributed by atoms with Crippen molar-refractivity contribution in [2.24, 2.45) is 0 Å². The molecule has 0 saturated heterocycles. The van der Waals surface area contributed by atoms with E-state index < -0.39 is 0 Å². The van der Waals surface area contributed by atoms with Crippen molar-refractivity contribution in [3.63, 3.8) is 0 Å². The normalized spacial score (nSPS) is 16.7. The minimum absolute atomic E-state index is 0.0503. The molecule has 3 heterocycles. The molecular weight excluding hydrogens is 360 g/mol. The largest absolute Gasteiger partial charge is 0.493 e.